The molecule has 1 aromatic heterocycles. The summed E-state index contributed by atoms with van der Waals surface area (Å²) in [4.78, 5) is 7.78. The Kier molecular flexibility index (Phi) is 3.06. The molecule has 0 fully saturated rings. The highest BCUT2D eigenvalue weighted by Gasteiger charge is 2.03. The van der Waals surface area contributed by atoms with Crippen molar-refractivity contribution in [2.75, 3.05) is 0 Å². The number of nitrogens with zero attached hydrogens (tertiary/aromatic N) is 2. The molecule has 1 heterocycles. The molecule has 76 valence electrons. The fourth-order valence-electron chi connectivity index (χ4n) is 1.28. The molecule has 2 nitrogen and oxygen atoms in total. The minimum atomic E-state index is -0.215. The van der Waals surface area contributed by atoms with Gasteiger partial charge in [-0.15, -0.1) is 0 Å². The summed E-state index contributed by atoms with van der Waals surface area (Å²) in [7, 11) is 0. The Balaban J connectivity index is 2.43. The van der Waals surface area contributed by atoms with Gasteiger partial charge in [-0.05, 0) is 17.2 Å². The molecule has 0 unspecified atom stereocenters. The third kappa shape index (κ3) is 2.21. The Morgan fingerprint density at radius 2 is 1.87 bits per heavy atom. The molecule has 0 atom stereocenters. The molecule has 0 saturated heterocycles. The van der Waals surface area contributed by atoms with Crippen molar-refractivity contribution in [1.82, 2.24) is 9.97 Å². The van der Waals surface area contributed by atoms with E-state index in [9.17, 15) is 4.39 Å². The van der Waals surface area contributed by atoms with Gasteiger partial charge in [0.15, 0.2) is 0 Å². The summed E-state index contributed by atoms with van der Waals surface area (Å²) in [5.74, 6) is -0.215. The van der Waals surface area contributed by atoms with Gasteiger partial charge in [0.2, 0.25) is 0 Å². The number of hydrogen-bond acceptors (Lipinski definition) is 2. The van der Waals surface area contributed by atoms with E-state index in [1.165, 1.54) is 12.4 Å². The van der Waals surface area contributed by atoms with Crippen molar-refractivity contribution >= 4 is 15.9 Å². The minimum Gasteiger partial charge on any atom is -0.244 e. The largest absolute Gasteiger partial charge is 0.244 e. The first kappa shape index (κ1) is 10.2. The van der Waals surface area contributed by atoms with Crippen LogP contribution < -0.4 is 0 Å². The molecule has 1 aromatic carbocycles. The molecule has 0 radical (unpaired) electrons. The molecule has 0 N–H and O–H groups in total. The summed E-state index contributed by atoms with van der Waals surface area (Å²) >= 11 is 3.22. The molecule has 0 amide bonds. The highest BCUT2D eigenvalue weighted by atomic mass is 79.9. The Bertz CT molecular complexity index is 459. The summed E-state index contributed by atoms with van der Waals surface area (Å²) in [6.45, 7) is 0. The van der Waals surface area contributed by atoms with E-state index in [1.54, 1.807) is 18.5 Å². The van der Waals surface area contributed by atoms with Crippen molar-refractivity contribution in [3.8, 4) is 11.1 Å². The minimum absolute atomic E-state index is 0.215. The lowest BCUT2D eigenvalue weighted by molar-refractivity contribution is 0.618. The summed E-state index contributed by atoms with van der Waals surface area (Å²) in [6.07, 6.45) is 4.78. The van der Waals surface area contributed by atoms with E-state index in [2.05, 4.69) is 25.9 Å². The Labute approximate surface area is 95.3 Å². The van der Waals surface area contributed by atoms with Crippen LogP contribution in [0.15, 0.2) is 36.9 Å². The second-order valence-electron chi connectivity index (χ2n) is 3.07. The first-order chi connectivity index (χ1) is 7.31. The third-order valence-electron chi connectivity index (χ3n) is 2.09. The van der Waals surface area contributed by atoms with Gasteiger partial charge in [0, 0.05) is 23.3 Å². The fraction of sp³-hybridized carbons (Fsp3) is 0.0909. The first-order valence-electron chi connectivity index (χ1n) is 4.41. The summed E-state index contributed by atoms with van der Waals surface area (Å²) < 4.78 is 13.5. The summed E-state index contributed by atoms with van der Waals surface area (Å²) in [6, 6.07) is 5.11. The van der Waals surface area contributed by atoms with Crippen LogP contribution in [-0.4, -0.2) is 9.97 Å². The maximum absolute atomic E-state index is 13.5. The molecule has 15 heavy (non-hydrogen) atoms. The number of alkyl halides is 1. The number of halogens is 2. The zero-order valence-electron chi connectivity index (χ0n) is 7.82. The van der Waals surface area contributed by atoms with Gasteiger partial charge >= 0.3 is 0 Å². The van der Waals surface area contributed by atoms with Crippen LogP contribution in [-0.2, 0) is 5.33 Å². The molecular weight excluding hydrogens is 259 g/mol. The maximum Gasteiger partial charge on any atom is 0.127 e. The maximum atomic E-state index is 13.5. The van der Waals surface area contributed by atoms with Gasteiger partial charge < -0.3 is 0 Å². The average Bonchev–Trinajstić information content (AvgIpc) is 2.30. The van der Waals surface area contributed by atoms with E-state index in [-0.39, 0.29) is 5.82 Å². The van der Waals surface area contributed by atoms with Crippen LogP contribution in [0.2, 0.25) is 0 Å². The highest BCUT2D eigenvalue weighted by Crippen LogP contribution is 2.21. The van der Waals surface area contributed by atoms with Crippen molar-refractivity contribution < 1.29 is 4.39 Å². The number of hydrogen-bond donors (Lipinski definition) is 0. The van der Waals surface area contributed by atoms with Crippen LogP contribution in [0.3, 0.4) is 0 Å². The van der Waals surface area contributed by atoms with Crippen LogP contribution in [0.25, 0.3) is 11.1 Å². The number of aromatic nitrogens is 2. The van der Waals surface area contributed by atoms with Crippen molar-refractivity contribution in [3.05, 3.63) is 48.3 Å². The summed E-state index contributed by atoms with van der Waals surface area (Å²) in [5.41, 5.74) is 2.26. The molecule has 0 aliphatic rings. The van der Waals surface area contributed by atoms with E-state index in [0.717, 1.165) is 11.1 Å². The molecule has 2 aromatic rings. The third-order valence-corrected chi connectivity index (χ3v) is 2.70. The van der Waals surface area contributed by atoms with Crippen LogP contribution in [0.5, 0.6) is 0 Å². The molecule has 0 aliphatic heterocycles. The van der Waals surface area contributed by atoms with Gasteiger partial charge in [0.05, 0.1) is 0 Å². The second-order valence-corrected chi connectivity index (χ2v) is 3.63. The highest BCUT2D eigenvalue weighted by molar-refractivity contribution is 9.08. The zero-order chi connectivity index (χ0) is 10.7. The Morgan fingerprint density at radius 1 is 1.13 bits per heavy atom. The van der Waals surface area contributed by atoms with Gasteiger partial charge in [-0.25, -0.2) is 14.4 Å². The van der Waals surface area contributed by atoms with Crippen LogP contribution in [0.1, 0.15) is 5.56 Å². The zero-order valence-corrected chi connectivity index (χ0v) is 9.41. The molecule has 4 heteroatoms. The molecule has 0 saturated carbocycles. The van der Waals surface area contributed by atoms with Crippen LogP contribution in [0, 0.1) is 5.82 Å². The van der Waals surface area contributed by atoms with Gasteiger partial charge in [0.25, 0.3) is 0 Å². The molecule has 0 spiro atoms. The first-order valence-corrected chi connectivity index (χ1v) is 5.53. The van der Waals surface area contributed by atoms with E-state index in [0.29, 0.717) is 10.9 Å². The SMILES string of the molecule is Fc1cc(-c2cncnc2)ccc1CBr. The lowest BCUT2D eigenvalue weighted by Gasteiger charge is -2.03. The lowest BCUT2D eigenvalue weighted by atomic mass is 10.1. The van der Waals surface area contributed by atoms with Crippen molar-refractivity contribution in [1.29, 1.82) is 0 Å². The van der Waals surface area contributed by atoms with E-state index >= 15 is 0 Å². The van der Waals surface area contributed by atoms with Gasteiger partial charge in [-0.3, -0.25) is 0 Å². The fourth-order valence-corrected chi connectivity index (χ4v) is 1.74. The van der Waals surface area contributed by atoms with Crippen molar-refractivity contribution in [3.63, 3.8) is 0 Å². The monoisotopic (exact) mass is 266 g/mol. The normalized spacial score (nSPS) is 10.3. The predicted molar refractivity (Wildman–Crippen MR) is 60.1 cm³/mol. The van der Waals surface area contributed by atoms with Crippen molar-refractivity contribution in [2.45, 2.75) is 5.33 Å². The van der Waals surface area contributed by atoms with Crippen molar-refractivity contribution in [2.24, 2.45) is 0 Å². The molecule has 0 bridgehead atoms. The Morgan fingerprint density at radius 3 is 2.47 bits per heavy atom. The second kappa shape index (κ2) is 4.49. The number of benzene rings is 1. The molecule has 2 rings (SSSR count). The molecule has 0 aliphatic carbocycles. The van der Waals surface area contributed by atoms with E-state index < -0.39 is 0 Å². The molecular formula is C11H8BrFN2. The smallest absolute Gasteiger partial charge is 0.127 e. The van der Waals surface area contributed by atoms with Gasteiger partial charge in [0.1, 0.15) is 12.1 Å². The van der Waals surface area contributed by atoms with E-state index in [4.69, 9.17) is 0 Å². The standard InChI is InChI=1S/C11H8BrFN2/c12-4-9-2-1-8(3-11(9)13)10-5-14-7-15-6-10/h1-3,5-7H,4H2. The Hall–Kier alpha value is -1.29. The summed E-state index contributed by atoms with van der Waals surface area (Å²) in [5, 5.41) is 0.518. The predicted octanol–water partition coefficient (Wildman–Crippen LogP) is 3.18. The van der Waals surface area contributed by atoms with Crippen LogP contribution >= 0.6 is 15.9 Å². The quantitative estimate of drug-likeness (QED) is 0.781. The number of rotatable bonds is 2. The van der Waals surface area contributed by atoms with Crippen LogP contribution in [0.4, 0.5) is 4.39 Å². The topological polar surface area (TPSA) is 25.8 Å². The average molecular weight is 267 g/mol. The van der Waals surface area contributed by atoms with Gasteiger partial charge in [-0.2, -0.15) is 0 Å². The van der Waals surface area contributed by atoms with Gasteiger partial charge in [-0.1, -0.05) is 28.1 Å². The lowest BCUT2D eigenvalue weighted by Crippen LogP contribution is -1.88. The van der Waals surface area contributed by atoms with E-state index in [1.807, 2.05) is 6.07 Å².